The van der Waals surface area contributed by atoms with Crippen molar-refractivity contribution in [1.82, 2.24) is 53.6 Å². The zero-order valence-electron chi connectivity index (χ0n) is 40.2. The first-order valence-electron chi connectivity index (χ1n) is 22.6. The van der Waals surface area contributed by atoms with Gasteiger partial charge in [-0.1, -0.05) is 0 Å². The van der Waals surface area contributed by atoms with E-state index in [1.807, 2.05) is 0 Å². The normalized spacial score (nSPS) is 29.6. The van der Waals surface area contributed by atoms with E-state index < -0.39 is 155 Å². The van der Waals surface area contributed by atoms with Crippen LogP contribution in [0.1, 0.15) is 25.1 Å². The maximum absolute atomic E-state index is 14.3. The molecule has 9 heterocycles. The molecule has 3 aliphatic rings. The molecule has 0 aliphatic carbocycles. The van der Waals surface area contributed by atoms with Crippen molar-refractivity contribution in [3.05, 3.63) is 46.0 Å². The van der Waals surface area contributed by atoms with Crippen molar-refractivity contribution in [3.63, 3.8) is 0 Å². The Labute approximate surface area is 437 Å². The van der Waals surface area contributed by atoms with Gasteiger partial charge in [-0.15, -0.1) is 0 Å². The van der Waals surface area contributed by atoms with E-state index >= 15 is 0 Å². The van der Waals surface area contributed by atoms with E-state index in [-0.39, 0.29) is 51.2 Å². The molecule has 0 amide bonds. The molecule has 4 unspecified atom stereocenters. The fraction of sp³-hybridized carbons (Fsp3) is 0.571. The van der Waals surface area contributed by atoms with Crippen molar-refractivity contribution in [3.8, 4) is 0 Å². The first kappa shape index (κ1) is 58.4. The molecule has 38 nitrogen and oxygen atoms in total. The molecule has 6 aromatic heterocycles. The first-order valence-corrected chi connectivity index (χ1v) is 28.7. The molecule has 0 spiro atoms. The summed E-state index contributed by atoms with van der Waals surface area (Å²) in [5, 5.41) is 33.3. The van der Waals surface area contributed by atoms with Gasteiger partial charge in [0.15, 0.2) is 35.1 Å². The van der Waals surface area contributed by atoms with Gasteiger partial charge in [-0.25, -0.2) is 38.2 Å². The minimum Gasteiger partial charge on any atom is -0.778 e. The molecule has 434 valence electrons. The number of rotatable bonds is 22. The Morgan fingerprint density at radius 2 is 1.30 bits per heavy atom. The topological polar surface area (TPSA) is 545 Å². The van der Waals surface area contributed by atoms with Crippen molar-refractivity contribution in [2.24, 2.45) is 13.0 Å². The summed E-state index contributed by atoms with van der Waals surface area (Å²) in [5.74, 6) is -2.09. The van der Waals surface area contributed by atoms with Gasteiger partial charge in [-0.3, -0.25) is 37.7 Å². The third kappa shape index (κ3) is 11.9. The molecule has 16 atom stereocenters. The Morgan fingerprint density at radius 1 is 0.734 bits per heavy atom. The predicted molar refractivity (Wildman–Crippen MR) is 250 cm³/mol. The second kappa shape index (κ2) is 22.2. The number of phosphoric ester groups is 2. The maximum Gasteiger partial charge on any atom is 0.490 e. The van der Waals surface area contributed by atoms with Crippen molar-refractivity contribution < 1.29 is 112 Å². The van der Waals surface area contributed by atoms with Gasteiger partial charge in [-0.2, -0.15) is 31.9 Å². The highest BCUT2D eigenvalue weighted by atomic mass is 31.3. The summed E-state index contributed by atoms with van der Waals surface area (Å²) in [7, 11) is -21.4. The van der Waals surface area contributed by atoms with Crippen LogP contribution in [-0.4, -0.2) is 172 Å². The summed E-state index contributed by atoms with van der Waals surface area (Å²) in [6.07, 6.45) is -12.9. The number of anilines is 3. The molecule has 79 heavy (non-hydrogen) atoms. The van der Waals surface area contributed by atoms with E-state index in [0.29, 0.717) is 0 Å². The van der Waals surface area contributed by atoms with Crippen LogP contribution in [0.2, 0.25) is 0 Å². The van der Waals surface area contributed by atoms with E-state index in [1.165, 1.54) is 17.9 Å². The average molecular weight is 1210 g/mol. The number of alkyl halides is 2. The highest BCUT2D eigenvalue weighted by Crippen LogP contribution is 2.68. The van der Waals surface area contributed by atoms with Crippen LogP contribution in [0.15, 0.2) is 34.9 Å². The number of aromatic amines is 2. The number of nitrogens with zero attached hydrogens (tertiary/aromatic N) is 10. The number of imidazole rings is 3. The number of nitrogen functional groups attached to an aromatic ring is 3. The summed E-state index contributed by atoms with van der Waals surface area (Å²) in [6, 6.07) is 0. The second-order valence-corrected chi connectivity index (χ2v) is 24.1. The Kier molecular flexibility index (Phi) is 16.4. The van der Waals surface area contributed by atoms with Crippen LogP contribution >= 0.6 is 31.1 Å². The third-order valence-electron chi connectivity index (χ3n) is 12.6. The zero-order chi connectivity index (χ0) is 57.3. The molecule has 0 saturated carbocycles. The third-order valence-corrected chi connectivity index (χ3v) is 18.7. The number of nitrogens with one attached hydrogen (secondary N) is 2. The van der Waals surface area contributed by atoms with Crippen LogP contribution in [0.4, 0.5) is 26.5 Å². The number of ether oxygens (including phenoxy) is 5. The van der Waals surface area contributed by atoms with E-state index in [2.05, 4.69) is 53.2 Å². The number of methoxy groups -OCH3 is 1. The quantitative estimate of drug-likeness (QED) is 0.0233. The van der Waals surface area contributed by atoms with E-state index in [9.17, 15) is 71.5 Å². The number of hydrogen-bond donors (Lipinski definition) is 11. The largest absolute Gasteiger partial charge is 0.778 e. The van der Waals surface area contributed by atoms with Gasteiger partial charge in [-0.05, 0) is 6.42 Å². The fourth-order valence-corrected chi connectivity index (χ4v) is 14.5. The Bertz CT molecular complexity index is 3570. The summed E-state index contributed by atoms with van der Waals surface area (Å²) >= 11 is 0. The summed E-state index contributed by atoms with van der Waals surface area (Å²) in [4.78, 5) is 99.6. The minimum absolute atomic E-state index is 0.00336. The second-order valence-electron chi connectivity index (χ2n) is 17.6. The number of hydrogen-bond acceptors (Lipinski definition) is 29. The zero-order valence-corrected chi connectivity index (χ0v) is 43.8. The Hall–Kier alpha value is -5.25. The van der Waals surface area contributed by atoms with Crippen LogP contribution in [-0.2, 0) is 71.2 Å². The van der Waals surface area contributed by atoms with Gasteiger partial charge in [0.1, 0.15) is 50.0 Å². The molecule has 3 saturated heterocycles. The van der Waals surface area contributed by atoms with Crippen LogP contribution in [0.3, 0.4) is 0 Å². The van der Waals surface area contributed by atoms with E-state index in [0.717, 1.165) is 39.8 Å². The molecular formula is C35H47F2N15O23P4. The summed E-state index contributed by atoms with van der Waals surface area (Å²) in [5.41, 5.74) is 13.1. The van der Waals surface area contributed by atoms with Crippen LogP contribution in [0, 0.1) is 5.92 Å². The number of nitrogens with two attached hydrogens (primary N) is 3. The lowest BCUT2D eigenvalue weighted by Crippen LogP contribution is -2.40. The first-order chi connectivity index (χ1) is 37.1. The van der Waals surface area contributed by atoms with E-state index in [1.54, 1.807) is 0 Å². The van der Waals surface area contributed by atoms with Crippen molar-refractivity contribution in [1.29, 1.82) is 0 Å². The number of aryl methyl sites for hydroxylation is 1. The number of aliphatic hydroxyl groups is 3. The van der Waals surface area contributed by atoms with Crippen LogP contribution < -0.4 is 37.8 Å². The minimum atomic E-state index is -6.30. The number of aromatic nitrogens is 12. The smallest absolute Gasteiger partial charge is 0.490 e. The Morgan fingerprint density at radius 3 is 1.96 bits per heavy atom. The molecule has 0 aromatic carbocycles. The van der Waals surface area contributed by atoms with Gasteiger partial charge in [0.25, 0.3) is 16.7 Å². The van der Waals surface area contributed by atoms with Crippen molar-refractivity contribution >= 4 is 82.3 Å². The molecule has 9 rings (SSSR count). The lowest BCUT2D eigenvalue weighted by Gasteiger charge is -2.35. The molecule has 3 fully saturated rings. The van der Waals surface area contributed by atoms with Crippen molar-refractivity contribution in [2.75, 3.05) is 50.7 Å². The molecule has 14 N–H and O–H groups in total. The lowest BCUT2D eigenvalue weighted by molar-refractivity contribution is -0.646. The number of fused-ring (bicyclic) bond motifs is 3. The number of halogens is 2. The molecule has 0 radical (unpaired) electrons. The molecular weight excluding hydrogens is 1160 g/mol. The fourth-order valence-electron chi connectivity index (χ4n) is 9.21. The monoisotopic (exact) mass is 1210 g/mol. The summed E-state index contributed by atoms with van der Waals surface area (Å²) < 4.78 is 135. The average Bonchev–Trinajstić information content (AvgIpc) is 4.43. The number of phosphoric acid groups is 3. The van der Waals surface area contributed by atoms with Gasteiger partial charge < -0.3 is 84.9 Å². The van der Waals surface area contributed by atoms with Gasteiger partial charge in [0.05, 0.1) is 64.0 Å². The highest BCUT2D eigenvalue weighted by molar-refractivity contribution is 7.66. The SMILES string of the molecule is CO[C@@H]1[C@H](P(=O)([O-])OC[C@H]2O[C@@H](n3cnc4c(=O)[nH]c(N)nc43)[C@H](O)[C@@H]2O)[C@@H](COP(=O)(O)OP(=O)(O)OP(=O)(O)OC[C@H]2O[C@@H](n3c[n+](C)c4c(=O)[nH]c(N)nc43)[C@H](O)[C@@H]2CCOC(F)F)O[C@H]1n1cnc2c(N)ncnc21. The van der Waals surface area contributed by atoms with Crippen molar-refractivity contribution in [2.45, 2.75) is 80.1 Å². The highest BCUT2D eigenvalue weighted by Gasteiger charge is 2.55. The molecule has 6 aromatic rings. The van der Waals surface area contributed by atoms with Gasteiger partial charge in [0.2, 0.25) is 24.5 Å². The Balaban J connectivity index is 0.891. The number of aliphatic hydroxyl groups excluding tert-OH is 3. The van der Waals surface area contributed by atoms with E-state index in [4.69, 9.17) is 49.7 Å². The lowest BCUT2D eigenvalue weighted by atomic mass is 9.95. The van der Waals surface area contributed by atoms with Gasteiger partial charge >= 0.3 is 35.6 Å². The standard InChI is InChI=1S/C35H47F2N15O23P4/c1-49-11-52(27-18(49)29(57)48-35(40)46-27)30-19(53)12(3-4-67-33(36)37)13(71-30)5-69-77(60,61)74-79(64,65)75-78(62,63)70-7-15-23(22(66-2)32(73-15)50-9-43-16-24(38)41-8-42-25(16)50)76(58,59)68-6-14-20(54)21(55)31(72-14)51-10-44-17-26(51)45-34(39)47-28(17)56/h8-15,19-23,30-33,53-55H,3-7H2,1-2H3,(H11-,38,39,40,41,42,45,46,47,48,56,57,58,59,60,61,62,63,64,65)/t12-,13-,14-,15-,19-,20-,21-,22-,23-,30-,31-,32-/m1/s1. The molecule has 44 heteroatoms. The predicted octanol–water partition coefficient (Wildman–Crippen LogP) is -3.39. The van der Waals surface area contributed by atoms with Crippen LogP contribution in [0.5, 0.6) is 0 Å². The molecule has 0 bridgehead atoms. The van der Waals surface area contributed by atoms with Gasteiger partial charge in [0, 0.05) is 13.0 Å². The summed E-state index contributed by atoms with van der Waals surface area (Å²) in [6.45, 7) is -7.52. The van der Waals surface area contributed by atoms with Crippen LogP contribution in [0.25, 0.3) is 33.5 Å². The maximum atomic E-state index is 14.3. The molecule has 3 aliphatic heterocycles. The number of H-pyrrole nitrogens is 2.